The van der Waals surface area contributed by atoms with Crippen LogP contribution in [0.3, 0.4) is 0 Å². The van der Waals surface area contributed by atoms with Crippen molar-refractivity contribution in [1.29, 1.82) is 0 Å². The van der Waals surface area contributed by atoms with Crippen LogP contribution in [0.1, 0.15) is 25.0 Å². The Morgan fingerprint density at radius 3 is 1.75 bits per heavy atom. The molecule has 0 bridgehead atoms. The summed E-state index contributed by atoms with van der Waals surface area (Å²) in [4.78, 5) is 2.46. The van der Waals surface area contributed by atoms with E-state index >= 15 is 0 Å². The van der Waals surface area contributed by atoms with Crippen molar-refractivity contribution in [2.45, 2.75) is 38.9 Å². The monoisotopic (exact) mass is 741 g/mol. The standard InChI is InChI=1S/C52H43NSSi/c1-52(2)46-17-9-8-14-45(46)49-47(52)18-11-19-48(49)53(38-27-20-34(21-28-38)35-24-31-40(32-25-35)55(3,4)5)39-29-22-37(23-30-39)42-15-10-16-43-44-33-26-36-12-6-7-13-41(36)51(44)54-50(42)43/h6-33H,1-5H3. The Hall–Kier alpha value is -5.74. The molecule has 0 spiro atoms. The van der Waals surface area contributed by atoms with Crippen LogP contribution in [0, 0.1) is 0 Å². The van der Waals surface area contributed by atoms with E-state index in [-0.39, 0.29) is 5.41 Å². The van der Waals surface area contributed by atoms with Crippen molar-refractivity contribution in [3.05, 3.63) is 181 Å². The van der Waals surface area contributed by atoms with Gasteiger partial charge < -0.3 is 4.90 Å². The van der Waals surface area contributed by atoms with E-state index in [1.54, 1.807) is 0 Å². The number of fused-ring (bicyclic) bond motifs is 8. The van der Waals surface area contributed by atoms with Gasteiger partial charge in [0.2, 0.25) is 0 Å². The molecule has 0 radical (unpaired) electrons. The van der Waals surface area contributed by atoms with E-state index in [0.29, 0.717) is 0 Å². The molecule has 3 heteroatoms. The molecular formula is C52H43NSSi. The quantitative estimate of drug-likeness (QED) is 0.153. The van der Waals surface area contributed by atoms with E-state index < -0.39 is 8.07 Å². The van der Waals surface area contributed by atoms with E-state index in [0.717, 1.165) is 11.4 Å². The van der Waals surface area contributed by atoms with Gasteiger partial charge in [-0.1, -0.05) is 178 Å². The molecule has 1 aliphatic rings. The predicted molar refractivity (Wildman–Crippen MR) is 243 cm³/mol. The van der Waals surface area contributed by atoms with Gasteiger partial charge in [-0.15, -0.1) is 11.3 Å². The smallest absolute Gasteiger partial charge is 0.0775 e. The molecule has 266 valence electrons. The normalized spacial score (nSPS) is 13.3. The van der Waals surface area contributed by atoms with Gasteiger partial charge in [0, 0.05) is 42.5 Å². The van der Waals surface area contributed by atoms with Crippen LogP contribution >= 0.6 is 11.3 Å². The van der Waals surface area contributed by atoms with Crippen molar-refractivity contribution < 1.29 is 0 Å². The average Bonchev–Trinajstić information content (AvgIpc) is 3.71. The van der Waals surface area contributed by atoms with Crippen molar-refractivity contribution in [2.24, 2.45) is 0 Å². The van der Waals surface area contributed by atoms with Crippen LogP contribution in [-0.2, 0) is 5.41 Å². The van der Waals surface area contributed by atoms with Crippen LogP contribution < -0.4 is 10.1 Å². The van der Waals surface area contributed by atoms with Crippen molar-refractivity contribution in [2.75, 3.05) is 4.90 Å². The van der Waals surface area contributed by atoms with Gasteiger partial charge in [0.1, 0.15) is 0 Å². The summed E-state index contributed by atoms with van der Waals surface area (Å²) in [7, 11) is -1.36. The minimum Gasteiger partial charge on any atom is -0.310 e. The lowest BCUT2D eigenvalue weighted by Crippen LogP contribution is -2.37. The third-order valence-corrected chi connectivity index (χ3v) is 15.2. The number of hydrogen-bond acceptors (Lipinski definition) is 2. The maximum Gasteiger partial charge on any atom is 0.0775 e. The van der Waals surface area contributed by atoms with Crippen LogP contribution in [0.25, 0.3) is 64.3 Å². The topological polar surface area (TPSA) is 3.24 Å². The molecule has 1 aliphatic carbocycles. The predicted octanol–water partition coefficient (Wildman–Crippen LogP) is 14.9. The molecule has 0 atom stereocenters. The lowest BCUT2D eigenvalue weighted by molar-refractivity contribution is 0.660. The fourth-order valence-corrected chi connectivity index (χ4v) is 11.4. The Bertz CT molecular complexity index is 2910. The minimum atomic E-state index is -1.36. The number of anilines is 3. The minimum absolute atomic E-state index is 0.0857. The number of nitrogens with zero attached hydrogens (tertiary/aromatic N) is 1. The third-order valence-electron chi connectivity index (χ3n) is 11.9. The fraction of sp³-hybridized carbons (Fsp3) is 0.115. The molecule has 1 heterocycles. The summed E-state index contributed by atoms with van der Waals surface area (Å²) in [6.07, 6.45) is 0. The average molecular weight is 742 g/mol. The van der Waals surface area contributed by atoms with Gasteiger partial charge in [-0.3, -0.25) is 0 Å². The summed E-state index contributed by atoms with van der Waals surface area (Å²) in [6.45, 7) is 11.9. The number of rotatable bonds is 6. The largest absolute Gasteiger partial charge is 0.310 e. The second kappa shape index (κ2) is 12.7. The number of thiophene rings is 1. The second-order valence-electron chi connectivity index (χ2n) is 16.6. The Labute approximate surface area is 329 Å². The zero-order valence-corrected chi connectivity index (χ0v) is 33.8. The number of hydrogen-bond donors (Lipinski definition) is 0. The molecule has 55 heavy (non-hydrogen) atoms. The number of benzene rings is 8. The van der Waals surface area contributed by atoms with E-state index in [1.807, 2.05) is 11.3 Å². The highest BCUT2D eigenvalue weighted by Gasteiger charge is 2.37. The fourth-order valence-electron chi connectivity index (χ4n) is 8.86. The van der Waals surface area contributed by atoms with Gasteiger partial charge in [-0.2, -0.15) is 0 Å². The molecule has 0 N–H and O–H groups in total. The van der Waals surface area contributed by atoms with Gasteiger partial charge in [0.15, 0.2) is 0 Å². The van der Waals surface area contributed by atoms with E-state index in [1.165, 1.54) is 86.3 Å². The highest BCUT2D eigenvalue weighted by atomic mass is 32.1. The van der Waals surface area contributed by atoms with Crippen molar-refractivity contribution in [3.63, 3.8) is 0 Å². The Morgan fingerprint density at radius 1 is 0.455 bits per heavy atom. The molecule has 9 aromatic rings. The maximum absolute atomic E-state index is 2.46. The first-order valence-corrected chi connectivity index (χ1v) is 23.7. The summed E-state index contributed by atoms with van der Waals surface area (Å²) in [5.74, 6) is 0. The van der Waals surface area contributed by atoms with E-state index in [4.69, 9.17) is 0 Å². The van der Waals surface area contributed by atoms with Crippen molar-refractivity contribution >= 4 is 72.6 Å². The van der Waals surface area contributed by atoms with E-state index in [9.17, 15) is 0 Å². The molecule has 0 saturated heterocycles. The molecular weight excluding hydrogens is 699 g/mol. The molecule has 0 amide bonds. The first kappa shape index (κ1) is 33.8. The molecule has 0 aliphatic heterocycles. The first-order valence-electron chi connectivity index (χ1n) is 19.3. The molecule has 1 nitrogen and oxygen atoms in total. The first-order chi connectivity index (χ1) is 26.7. The Balaban J connectivity index is 1.10. The van der Waals surface area contributed by atoms with Gasteiger partial charge in [-0.25, -0.2) is 0 Å². The maximum atomic E-state index is 2.46. The van der Waals surface area contributed by atoms with Crippen LogP contribution in [-0.4, -0.2) is 8.07 Å². The van der Waals surface area contributed by atoms with Gasteiger partial charge in [0.05, 0.1) is 13.8 Å². The summed E-state index contributed by atoms with van der Waals surface area (Å²) in [5, 5.41) is 6.76. The lowest BCUT2D eigenvalue weighted by atomic mass is 9.82. The molecule has 8 aromatic carbocycles. The molecule has 10 rings (SSSR count). The summed E-state index contributed by atoms with van der Waals surface area (Å²) < 4.78 is 2.70. The Kier molecular flexibility index (Phi) is 7.78. The van der Waals surface area contributed by atoms with Crippen LogP contribution in [0.2, 0.25) is 19.6 Å². The van der Waals surface area contributed by atoms with Gasteiger partial charge in [0.25, 0.3) is 0 Å². The third kappa shape index (κ3) is 5.48. The van der Waals surface area contributed by atoms with Crippen LogP contribution in [0.5, 0.6) is 0 Å². The summed E-state index contributed by atoms with van der Waals surface area (Å²) in [6, 6.07) is 63.6. The molecule has 0 fully saturated rings. The molecule has 0 saturated carbocycles. The van der Waals surface area contributed by atoms with Crippen LogP contribution in [0.15, 0.2) is 170 Å². The van der Waals surface area contributed by atoms with Gasteiger partial charge >= 0.3 is 0 Å². The summed E-state index contributed by atoms with van der Waals surface area (Å²) in [5.41, 5.74) is 13.8. The van der Waals surface area contributed by atoms with Crippen molar-refractivity contribution in [3.8, 4) is 33.4 Å². The molecule has 0 unspecified atom stereocenters. The second-order valence-corrected chi connectivity index (χ2v) is 22.7. The van der Waals surface area contributed by atoms with Gasteiger partial charge in [-0.05, 0) is 80.0 Å². The zero-order chi connectivity index (χ0) is 37.5. The van der Waals surface area contributed by atoms with E-state index in [2.05, 4.69) is 208 Å². The zero-order valence-electron chi connectivity index (χ0n) is 32.0. The van der Waals surface area contributed by atoms with Crippen molar-refractivity contribution in [1.82, 2.24) is 0 Å². The van der Waals surface area contributed by atoms with Crippen LogP contribution in [0.4, 0.5) is 17.1 Å². The highest BCUT2D eigenvalue weighted by molar-refractivity contribution is 7.27. The SMILES string of the molecule is CC1(C)c2ccccc2-c2c(N(c3ccc(-c4ccc([Si](C)(C)C)cc4)cc3)c3ccc(-c4cccc5c4sc4c6ccccc6ccc54)cc3)cccc21. The molecule has 1 aromatic heterocycles. The Morgan fingerprint density at radius 2 is 1.02 bits per heavy atom. The summed E-state index contributed by atoms with van der Waals surface area (Å²) >= 11 is 1.92. The highest BCUT2D eigenvalue weighted by Crippen LogP contribution is 2.54. The lowest BCUT2D eigenvalue weighted by Gasteiger charge is -2.29.